The minimum absolute atomic E-state index is 0.0259. The number of methoxy groups -OCH3 is 3. The molecule has 1 N–H and O–H groups in total. The molecular weight excluding hydrogens is 388 g/mol. The number of rotatable bonds is 5. The van der Waals surface area contributed by atoms with E-state index < -0.39 is 0 Å². The molecule has 1 aliphatic heterocycles. The normalized spacial score (nSPS) is 14.9. The molecule has 0 spiro atoms. The zero-order valence-electron chi connectivity index (χ0n) is 17.2. The van der Waals surface area contributed by atoms with Gasteiger partial charge in [0.05, 0.1) is 21.3 Å². The van der Waals surface area contributed by atoms with Gasteiger partial charge in [0.25, 0.3) is 0 Å². The van der Waals surface area contributed by atoms with Gasteiger partial charge < -0.3 is 28.5 Å². The number of ether oxygens (including phenoxy) is 4. The highest BCUT2D eigenvalue weighted by atomic mass is 16.5. The molecule has 2 aromatic carbocycles. The Balaban J connectivity index is 2.01. The van der Waals surface area contributed by atoms with E-state index in [1.165, 1.54) is 27.4 Å². The maximum atomic E-state index is 13.4. The predicted octanol–water partition coefficient (Wildman–Crippen LogP) is 4.07. The molecule has 1 aromatic heterocycles. The lowest BCUT2D eigenvalue weighted by Gasteiger charge is -2.14. The molecule has 1 atom stereocenters. The molecule has 7 nitrogen and oxygen atoms in total. The molecule has 4 rings (SSSR count). The van der Waals surface area contributed by atoms with Gasteiger partial charge in [0.2, 0.25) is 11.2 Å². The molecular formula is C23H22O7. The lowest BCUT2D eigenvalue weighted by Crippen LogP contribution is -2.13. The van der Waals surface area contributed by atoms with Crippen LogP contribution in [-0.4, -0.2) is 32.5 Å². The van der Waals surface area contributed by atoms with Crippen molar-refractivity contribution in [1.29, 1.82) is 0 Å². The van der Waals surface area contributed by atoms with Gasteiger partial charge in [0.1, 0.15) is 28.6 Å². The molecule has 156 valence electrons. The Labute approximate surface area is 173 Å². The zero-order chi connectivity index (χ0) is 21.6. The summed E-state index contributed by atoms with van der Waals surface area (Å²) in [6, 6.07) is 6.34. The second-order valence-electron chi connectivity index (χ2n) is 7.10. The van der Waals surface area contributed by atoms with Gasteiger partial charge in [0.15, 0.2) is 17.3 Å². The molecule has 0 unspecified atom stereocenters. The summed E-state index contributed by atoms with van der Waals surface area (Å²) in [5.74, 6) is 1.47. The summed E-state index contributed by atoms with van der Waals surface area (Å²) >= 11 is 0. The quantitative estimate of drug-likeness (QED) is 0.635. The highest BCUT2D eigenvalue weighted by molar-refractivity contribution is 5.91. The van der Waals surface area contributed by atoms with Crippen LogP contribution < -0.4 is 24.4 Å². The zero-order valence-corrected chi connectivity index (χ0v) is 17.2. The van der Waals surface area contributed by atoms with Crippen molar-refractivity contribution in [3.8, 4) is 40.1 Å². The molecule has 0 aliphatic carbocycles. The molecule has 0 fully saturated rings. The first-order chi connectivity index (χ1) is 14.4. The third-order valence-corrected chi connectivity index (χ3v) is 5.22. The summed E-state index contributed by atoms with van der Waals surface area (Å²) in [6.45, 7) is 5.86. The van der Waals surface area contributed by atoms with Crippen LogP contribution in [0.3, 0.4) is 0 Å². The number of phenolic OH excluding ortho intramolecular Hbond substituents is 1. The number of hydrogen-bond acceptors (Lipinski definition) is 7. The summed E-state index contributed by atoms with van der Waals surface area (Å²) in [5, 5.41) is 10.2. The van der Waals surface area contributed by atoms with Crippen molar-refractivity contribution < 1.29 is 28.5 Å². The van der Waals surface area contributed by atoms with Crippen LogP contribution in [0.2, 0.25) is 0 Å². The Hall–Kier alpha value is -3.61. The second-order valence-corrected chi connectivity index (χ2v) is 7.10. The summed E-state index contributed by atoms with van der Waals surface area (Å²) in [7, 11) is 4.35. The number of benzene rings is 2. The second kappa shape index (κ2) is 7.33. The predicted molar refractivity (Wildman–Crippen MR) is 112 cm³/mol. The van der Waals surface area contributed by atoms with E-state index in [2.05, 4.69) is 6.58 Å². The molecule has 0 saturated carbocycles. The van der Waals surface area contributed by atoms with Gasteiger partial charge >= 0.3 is 0 Å². The van der Waals surface area contributed by atoms with E-state index in [0.29, 0.717) is 29.1 Å². The molecule has 0 radical (unpaired) electrons. The Kier molecular flexibility index (Phi) is 4.81. The Bertz CT molecular complexity index is 1220. The van der Waals surface area contributed by atoms with E-state index >= 15 is 0 Å². The first-order valence-corrected chi connectivity index (χ1v) is 9.33. The minimum Gasteiger partial charge on any atom is -0.504 e. The van der Waals surface area contributed by atoms with Gasteiger partial charge in [-0.2, -0.15) is 0 Å². The Morgan fingerprint density at radius 3 is 2.50 bits per heavy atom. The molecule has 7 heteroatoms. The van der Waals surface area contributed by atoms with Crippen LogP contribution >= 0.6 is 0 Å². The first-order valence-electron chi connectivity index (χ1n) is 9.33. The Morgan fingerprint density at radius 2 is 1.87 bits per heavy atom. The number of phenols is 1. The molecule has 1 aliphatic rings. The Morgan fingerprint density at radius 1 is 1.13 bits per heavy atom. The first kappa shape index (κ1) is 19.7. The maximum absolute atomic E-state index is 13.4. The third kappa shape index (κ3) is 2.94. The fourth-order valence-corrected chi connectivity index (χ4v) is 3.69. The van der Waals surface area contributed by atoms with Crippen LogP contribution in [0.15, 0.2) is 45.6 Å². The minimum atomic E-state index is -0.362. The van der Waals surface area contributed by atoms with Crippen LogP contribution in [0.4, 0.5) is 0 Å². The maximum Gasteiger partial charge on any atom is 0.239 e. The van der Waals surface area contributed by atoms with Gasteiger partial charge in [0, 0.05) is 23.6 Å². The average Bonchev–Trinajstić information content (AvgIpc) is 3.16. The van der Waals surface area contributed by atoms with E-state index in [0.717, 1.165) is 11.1 Å². The van der Waals surface area contributed by atoms with Gasteiger partial charge in [-0.25, -0.2) is 0 Å². The van der Waals surface area contributed by atoms with Crippen molar-refractivity contribution in [3.05, 3.63) is 52.2 Å². The summed E-state index contributed by atoms with van der Waals surface area (Å²) in [6.07, 6.45) is 0.367. The van der Waals surface area contributed by atoms with Crippen LogP contribution in [-0.2, 0) is 6.42 Å². The molecule has 0 amide bonds. The van der Waals surface area contributed by atoms with E-state index in [-0.39, 0.29) is 39.9 Å². The number of fused-ring (bicyclic) bond motifs is 2. The third-order valence-electron chi connectivity index (χ3n) is 5.22. The molecule has 30 heavy (non-hydrogen) atoms. The summed E-state index contributed by atoms with van der Waals surface area (Å²) < 4.78 is 28.3. The van der Waals surface area contributed by atoms with E-state index in [1.807, 2.05) is 6.92 Å². The van der Waals surface area contributed by atoms with E-state index in [1.54, 1.807) is 18.2 Å². The highest BCUT2D eigenvalue weighted by Crippen LogP contribution is 2.44. The van der Waals surface area contributed by atoms with Crippen LogP contribution in [0.25, 0.3) is 22.3 Å². The van der Waals surface area contributed by atoms with Crippen molar-refractivity contribution in [2.45, 2.75) is 19.4 Å². The van der Waals surface area contributed by atoms with Gasteiger partial charge in [-0.1, -0.05) is 6.58 Å². The molecule has 2 heterocycles. The highest BCUT2D eigenvalue weighted by Gasteiger charge is 2.31. The monoisotopic (exact) mass is 410 g/mol. The molecule has 0 saturated heterocycles. The fraction of sp³-hybridized carbons (Fsp3) is 0.261. The van der Waals surface area contributed by atoms with Crippen molar-refractivity contribution >= 4 is 11.0 Å². The summed E-state index contributed by atoms with van der Waals surface area (Å²) in [4.78, 5) is 13.4. The average molecular weight is 410 g/mol. The molecule has 3 aromatic rings. The van der Waals surface area contributed by atoms with Crippen LogP contribution in [0.5, 0.6) is 28.7 Å². The lowest BCUT2D eigenvalue weighted by atomic mass is 10.0. The number of hydrogen-bond donors (Lipinski definition) is 1. The lowest BCUT2D eigenvalue weighted by molar-refractivity contribution is 0.271. The van der Waals surface area contributed by atoms with Crippen molar-refractivity contribution in [2.24, 2.45) is 0 Å². The van der Waals surface area contributed by atoms with Gasteiger partial charge in [-0.15, -0.1) is 0 Å². The smallest absolute Gasteiger partial charge is 0.239 e. The van der Waals surface area contributed by atoms with Crippen LogP contribution in [0, 0.1) is 0 Å². The van der Waals surface area contributed by atoms with E-state index in [9.17, 15) is 9.90 Å². The largest absolute Gasteiger partial charge is 0.504 e. The topological polar surface area (TPSA) is 87.4 Å². The van der Waals surface area contributed by atoms with Crippen LogP contribution in [0.1, 0.15) is 12.5 Å². The van der Waals surface area contributed by atoms with Crippen molar-refractivity contribution in [2.75, 3.05) is 21.3 Å². The van der Waals surface area contributed by atoms with Gasteiger partial charge in [-0.3, -0.25) is 4.79 Å². The molecule has 0 bridgehead atoms. The summed E-state index contributed by atoms with van der Waals surface area (Å²) in [5.41, 5.74) is 2.14. The van der Waals surface area contributed by atoms with Crippen molar-refractivity contribution in [3.63, 3.8) is 0 Å². The number of aromatic hydroxyl groups is 1. The van der Waals surface area contributed by atoms with Crippen molar-refractivity contribution in [1.82, 2.24) is 0 Å². The standard InChI is InChI=1S/C23H22O7/c1-11(2)15-9-13-16(29-15)10-18-19(22(13)27-4)20(25)23(28-5)21(30-18)12-6-7-14(24)17(8-12)26-3/h6-8,10,15,24H,1,9H2,2-5H3/t15-/m1/s1. The van der Waals surface area contributed by atoms with E-state index in [4.69, 9.17) is 23.4 Å². The fourth-order valence-electron chi connectivity index (χ4n) is 3.69. The SMILES string of the molecule is C=C(C)[C@H]1Cc2c(cc3oc(-c4ccc(O)c(OC)c4)c(OC)c(=O)c3c2OC)O1. The van der Waals surface area contributed by atoms with Gasteiger partial charge in [-0.05, 0) is 30.7 Å².